The minimum atomic E-state index is 0.486. The van der Waals surface area contributed by atoms with Crippen molar-refractivity contribution in [2.45, 2.75) is 6.42 Å². The van der Waals surface area contributed by atoms with E-state index in [1.165, 1.54) is 0 Å². The van der Waals surface area contributed by atoms with Crippen LogP contribution in [0.25, 0.3) is 11.3 Å². The molecule has 1 fully saturated rings. The molecule has 0 aliphatic carbocycles. The molecule has 1 saturated heterocycles. The van der Waals surface area contributed by atoms with E-state index in [9.17, 15) is 0 Å². The quantitative estimate of drug-likeness (QED) is 0.673. The van der Waals surface area contributed by atoms with Crippen molar-refractivity contribution >= 4 is 17.6 Å². The number of ether oxygens (including phenoxy) is 1. The Morgan fingerprint density at radius 1 is 1.07 bits per heavy atom. The number of nitrogens with two attached hydrogens (primary N) is 1. The molecule has 1 aliphatic heterocycles. The van der Waals surface area contributed by atoms with Gasteiger partial charge in [-0.05, 0) is 24.3 Å². The number of nitrogens with zero attached hydrogens (tertiary/aromatic N) is 5. The van der Waals surface area contributed by atoms with E-state index in [4.69, 9.17) is 20.4 Å². The maximum Gasteiger partial charge on any atom is 0.228 e. The predicted octanol–water partition coefficient (Wildman–Crippen LogP) is 2.01. The number of nitrogens with one attached hydrogen (secondary N) is 1. The van der Waals surface area contributed by atoms with Crippen LogP contribution in [-0.2, 0) is 11.2 Å². The average Bonchev–Trinajstić information content (AvgIpc) is 2.75. The number of morpholine rings is 1. The van der Waals surface area contributed by atoms with Gasteiger partial charge in [0.1, 0.15) is 11.6 Å². The third kappa shape index (κ3) is 4.52. The second-order valence-corrected chi connectivity index (χ2v) is 6.51. The van der Waals surface area contributed by atoms with Crippen molar-refractivity contribution in [1.82, 2.24) is 19.9 Å². The molecule has 0 aromatic carbocycles. The van der Waals surface area contributed by atoms with E-state index in [0.717, 1.165) is 48.8 Å². The van der Waals surface area contributed by atoms with Gasteiger partial charge in [-0.1, -0.05) is 6.07 Å². The van der Waals surface area contributed by atoms with Crippen molar-refractivity contribution in [3.63, 3.8) is 0 Å². The summed E-state index contributed by atoms with van der Waals surface area (Å²) >= 11 is 0. The molecule has 0 atom stereocenters. The van der Waals surface area contributed by atoms with Gasteiger partial charge in [-0.3, -0.25) is 4.98 Å². The van der Waals surface area contributed by atoms with E-state index in [2.05, 4.69) is 20.2 Å². The summed E-state index contributed by atoms with van der Waals surface area (Å²) in [5.74, 6) is 1.96. The lowest BCUT2D eigenvalue weighted by Crippen LogP contribution is -2.37. The zero-order valence-electron chi connectivity index (χ0n) is 15.6. The van der Waals surface area contributed by atoms with Crippen LogP contribution in [-0.4, -0.2) is 52.8 Å². The van der Waals surface area contributed by atoms with Crippen LogP contribution in [0.4, 0.5) is 17.6 Å². The second-order valence-electron chi connectivity index (χ2n) is 6.51. The fourth-order valence-corrected chi connectivity index (χ4v) is 3.00. The van der Waals surface area contributed by atoms with Crippen molar-refractivity contribution in [3.8, 4) is 11.3 Å². The standard InChI is InChI=1S/C20H23N7O/c21-18-5-4-15(14-24-18)17-13-19(23-8-6-16-3-1-2-7-22-16)26-20(25-17)27-9-11-28-12-10-27/h1-5,7,13-14H,6,8-12H2,(H2,21,24)(H,23,25,26). The monoisotopic (exact) mass is 377 g/mol. The Hall–Kier alpha value is -3.26. The normalized spacial score (nSPS) is 14.1. The first-order valence-electron chi connectivity index (χ1n) is 9.35. The molecule has 3 N–H and O–H groups in total. The molecule has 4 rings (SSSR count). The Morgan fingerprint density at radius 2 is 1.96 bits per heavy atom. The van der Waals surface area contributed by atoms with Crippen LogP contribution >= 0.6 is 0 Å². The molecule has 3 aromatic heterocycles. The number of hydrogen-bond donors (Lipinski definition) is 2. The predicted molar refractivity (Wildman–Crippen MR) is 109 cm³/mol. The van der Waals surface area contributed by atoms with Gasteiger partial charge in [0, 0.05) is 55.8 Å². The summed E-state index contributed by atoms with van der Waals surface area (Å²) in [6.07, 6.45) is 4.36. The van der Waals surface area contributed by atoms with Gasteiger partial charge >= 0.3 is 0 Å². The highest BCUT2D eigenvalue weighted by Crippen LogP contribution is 2.23. The second kappa shape index (κ2) is 8.62. The van der Waals surface area contributed by atoms with Crippen molar-refractivity contribution in [2.24, 2.45) is 0 Å². The molecule has 4 heterocycles. The summed E-state index contributed by atoms with van der Waals surface area (Å²) in [4.78, 5) is 20.1. The minimum absolute atomic E-state index is 0.486. The molecule has 0 spiro atoms. The Morgan fingerprint density at radius 3 is 2.71 bits per heavy atom. The van der Waals surface area contributed by atoms with Gasteiger partial charge in [0.05, 0.1) is 18.9 Å². The Balaban J connectivity index is 1.56. The maximum absolute atomic E-state index is 5.72. The van der Waals surface area contributed by atoms with Crippen molar-refractivity contribution in [3.05, 3.63) is 54.5 Å². The smallest absolute Gasteiger partial charge is 0.228 e. The Bertz CT molecular complexity index is 896. The van der Waals surface area contributed by atoms with Crippen molar-refractivity contribution in [2.75, 3.05) is 48.8 Å². The van der Waals surface area contributed by atoms with Crippen LogP contribution in [0.15, 0.2) is 48.8 Å². The topological polar surface area (TPSA) is 102 Å². The van der Waals surface area contributed by atoms with E-state index in [-0.39, 0.29) is 0 Å². The summed E-state index contributed by atoms with van der Waals surface area (Å²) in [6, 6.07) is 11.6. The highest BCUT2D eigenvalue weighted by atomic mass is 16.5. The largest absolute Gasteiger partial charge is 0.384 e. The van der Waals surface area contributed by atoms with Crippen LogP contribution < -0.4 is 16.0 Å². The van der Waals surface area contributed by atoms with E-state index >= 15 is 0 Å². The minimum Gasteiger partial charge on any atom is -0.384 e. The molecule has 0 unspecified atom stereocenters. The highest BCUT2D eigenvalue weighted by molar-refractivity contribution is 5.64. The van der Waals surface area contributed by atoms with Gasteiger partial charge in [0.15, 0.2) is 0 Å². The van der Waals surface area contributed by atoms with E-state index in [0.29, 0.717) is 25.0 Å². The van der Waals surface area contributed by atoms with Gasteiger partial charge in [-0.15, -0.1) is 0 Å². The maximum atomic E-state index is 5.72. The number of nitrogen functional groups attached to an aromatic ring is 1. The molecule has 0 amide bonds. The third-order valence-corrected chi connectivity index (χ3v) is 4.50. The van der Waals surface area contributed by atoms with Crippen molar-refractivity contribution in [1.29, 1.82) is 0 Å². The molecule has 8 heteroatoms. The number of anilines is 3. The lowest BCUT2D eigenvalue weighted by molar-refractivity contribution is 0.122. The first kappa shape index (κ1) is 18.1. The summed E-state index contributed by atoms with van der Waals surface area (Å²) in [7, 11) is 0. The zero-order chi connectivity index (χ0) is 19.2. The van der Waals surface area contributed by atoms with Crippen LogP contribution in [0.5, 0.6) is 0 Å². The van der Waals surface area contributed by atoms with Crippen molar-refractivity contribution < 1.29 is 4.74 Å². The first-order chi connectivity index (χ1) is 13.8. The zero-order valence-corrected chi connectivity index (χ0v) is 15.6. The Kier molecular flexibility index (Phi) is 5.58. The van der Waals surface area contributed by atoms with E-state index in [1.807, 2.05) is 36.5 Å². The summed E-state index contributed by atoms with van der Waals surface area (Å²) in [5.41, 5.74) is 8.47. The number of pyridine rings is 2. The van der Waals surface area contributed by atoms with Crippen LogP contribution in [0.2, 0.25) is 0 Å². The summed E-state index contributed by atoms with van der Waals surface area (Å²) < 4.78 is 5.45. The van der Waals surface area contributed by atoms with E-state index in [1.54, 1.807) is 12.3 Å². The number of hydrogen-bond acceptors (Lipinski definition) is 8. The Labute approximate surface area is 163 Å². The average molecular weight is 377 g/mol. The molecule has 0 saturated carbocycles. The molecule has 0 bridgehead atoms. The lowest BCUT2D eigenvalue weighted by Gasteiger charge is -2.27. The fraction of sp³-hybridized carbons (Fsp3) is 0.300. The van der Waals surface area contributed by atoms with Gasteiger partial charge < -0.3 is 20.7 Å². The van der Waals surface area contributed by atoms with Gasteiger partial charge in [-0.2, -0.15) is 4.98 Å². The molecule has 8 nitrogen and oxygen atoms in total. The summed E-state index contributed by atoms with van der Waals surface area (Å²) in [5, 5.41) is 3.40. The third-order valence-electron chi connectivity index (χ3n) is 4.50. The van der Waals surface area contributed by atoms with Gasteiger partial charge in [0.25, 0.3) is 0 Å². The molecule has 144 valence electrons. The van der Waals surface area contributed by atoms with Crippen LogP contribution in [0.1, 0.15) is 5.69 Å². The molecular formula is C20H23N7O. The summed E-state index contributed by atoms with van der Waals surface area (Å²) in [6.45, 7) is 3.64. The van der Waals surface area contributed by atoms with Gasteiger partial charge in [0.2, 0.25) is 5.95 Å². The van der Waals surface area contributed by atoms with Crippen LogP contribution in [0, 0.1) is 0 Å². The fourth-order valence-electron chi connectivity index (χ4n) is 3.00. The van der Waals surface area contributed by atoms with Gasteiger partial charge in [-0.25, -0.2) is 9.97 Å². The number of rotatable bonds is 6. The molecule has 1 aliphatic rings. The molecule has 0 radical (unpaired) electrons. The molecule has 3 aromatic rings. The number of aromatic nitrogens is 4. The first-order valence-corrected chi connectivity index (χ1v) is 9.35. The lowest BCUT2D eigenvalue weighted by atomic mass is 10.2. The molecular weight excluding hydrogens is 354 g/mol. The van der Waals surface area contributed by atoms with E-state index < -0.39 is 0 Å². The highest BCUT2D eigenvalue weighted by Gasteiger charge is 2.16. The SMILES string of the molecule is Nc1ccc(-c2cc(NCCc3ccccn3)nc(N3CCOCC3)n2)cn1. The molecule has 28 heavy (non-hydrogen) atoms. The van der Waals surface area contributed by atoms with Crippen LogP contribution in [0.3, 0.4) is 0 Å².